The predicted molar refractivity (Wildman–Crippen MR) is 106 cm³/mol. The molecule has 6 heteroatoms. The summed E-state index contributed by atoms with van der Waals surface area (Å²) in [6.07, 6.45) is 1.41. The fraction of sp³-hybridized carbons (Fsp3) is 0.273. The summed E-state index contributed by atoms with van der Waals surface area (Å²) in [5, 5.41) is 0.818. The molecule has 0 radical (unpaired) electrons. The molecular formula is C22H23NO5. The highest BCUT2D eigenvalue weighted by Gasteiger charge is 2.22. The van der Waals surface area contributed by atoms with E-state index in [-0.39, 0.29) is 12.2 Å². The monoisotopic (exact) mass is 381 g/mol. The summed E-state index contributed by atoms with van der Waals surface area (Å²) in [4.78, 5) is 28.0. The van der Waals surface area contributed by atoms with Crippen molar-refractivity contribution in [2.75, 3.05) is 14.2 Å². The lowest BCUT2D eigenvalue weighted by atomic mass is 10.1. The molecule has 0 unspecified atom stereocenters. The van der Waals surface area contributed by atoms with Crippen LogP contribution in [0.5, 0.6) is 11.5 Å². The highest BCUT2D eigenvalue weighted by molar-refractivity contribution is 6.10. The van der Waals surface area contributed by atoms with Gasteiger partial charge in [0.1, 0.15) is 11.5 Å². The van der Waals surface area contributed by atoms with E-state index in [1.807, 2.05) is 36.4 Å². The second-order valence-electron chi connectivity index (χ2n) is 6.47. The number of aromatic amines is 1. The Morgan fingerprint density at radius 3 is 2.39 bits per heavy atom. The van der Waals surface area contributed by atoms with Gasteiger partial charge in [0.2, 0.25) is 5.78 Å². The lowest BCUT2D eigenvalue weighted by Gasteiger charge is -2.12. The summed E-state index contributed by atoms with van der Waals surface area (Å²) in [5.74, 6) is 0.660. The highest BCUT2D eigenvalue weighted by Crippen LogP contribution is 2.24. The number of para-hydroxylation sites is 1. The van der Waals surface area contributed by atoms with Crippen LogP contribution >= 0.6 is 0 Å². The summed E-state index contributed by atoms with van der Waals surface area (Å²) in [5.41, 5.74) is 2.29. The van der Waals surface area contributed by atoms with E-state index < -0.39 is 12.1 Å². The van der Waals surface area contributed by atoms with Crippen molar-refractivity contribution in [3.05, 3.63) is 59.8 Å². The van der Waals surface area contributed by atoms with Gasteiger partial charge in [-0.15, -0.1) is 0 Å². The van der Waals surface area contributed by atoms with Crippen molar-refractivity contribution < 1.29 is 23.8 Å². The second-order valence-corrected chi connectivity index (χ2v) is 6.47. The summed E-state index contributed by atoms with van der Waals surface area (Å²) in [6.45, 7) is 1.59. The quantitative estimate of drug-likeness (QED) is 0.472. The number of hydrogen-bond acceptors (Lipinski definition) is 5. The molecule has 146 valence electrons. The van der Waals surface area contributed by atoms with Gasteiger partial charge in [-0.25, -0.2) is 0 Å². The summed E-state index contributed by atoms with van der Waals surface area (Å²) in [7, 11) is 3.15. The van der Waals surface area contributed by atoms with E-state index in [1.54, 1.807) is 33.4 Å². The number of ketones is 1. The van der Waals surface area contributed by atoms with Crippen molar-refractivity contribution in [1.82, 2.24) is 4.98 Å². The number of benzene rings is 2. The molecule has 0 fully saturated rings. The Bertz CT molecular complexity index is 969. The van der Waals surface area contributed by atoms with Gasteiger partial charge in [-0.1, -0.05) is 18.2 Å². The molecule has 28 heavy (non-hydrogen) atoms. The molecule has 0 saturated heterocycles. The first-order valence-electron chi connectivity index (χ1n) is 9.03. The SMILES string of the molecule is COc1cc(CCC(=O)O[C@@H](C)C(=O)c2c[nH]c3ccccc23)cc(OC)c1. The van der Waals surface area contributed by atoms with Crippen molar-refractivity contribution >= 4 is 22.7 Å². The van der Waals surface area contributed by atoms with Crippen LogP contribution in [0.2, 0.25) is 0 Å². The molecule has 1 N–H and O–H groups in total. The van der Waals surface area contributed by atoms with Crippen LogP contribution in [0.25, 0.3) is 10.9 Å². The molecule has 0 aliphatic rings. The maximum atomic E-state index is 12.7. The molecule has 0 aliphatic heterocycles. The van der Waals surface area contributed by atoms with E-state index in [1.165, 1.54) is 0 Å². The van der Waals surface area contributed by atoms with Crippen LogP contribution in [0.1, 0.15) is 29.3 Å². The van der Waals surface area contributed by atoms with Gasteiger partial charge in [0.25, 0.3) is 0 Å². The average Bonchev–Trinajstić information content (AvgIpc) is 3.15. The Morgan fingerprint density at radius 1 is 1.04 bits per heavy atom. The van der Waals surface area contributed by atoms with E-state index in [9.17, 15) is 9.59 Å². The van der Waals surface area contributed by atoms with Crippen molar-refractivity contribution in [2.24, 2.45) is 0 Å². The Hall–Kier alpha value is -3.28. The largest absolute Gasteiger partial charge is 0.497 e. The molecule has 1 heterocycles. The van der Waals surface area contributed by atoms with Crippen molar-refractivity contribution in [3.8, 4) is 11.5 Å². The van der Waals surface area contributed by atoms with Crippen LogP contribution in [0, 0.1) is 0 Å². The number of rotatable bonds is 8. The maximum absolute atomic E-state index is 12.7. The minimum Gasteiger partial charge on any atom is -0.497 e. The van der Waals surface area contributed by atoms with Crippen LogP contribution in [0.15, 0.2) is 48.7 Å². The lowest BCUT2D eigenvalue weighted by Crippen LogP contribution is -2.24. The number of nitrogens with one attached hydrogen (secondary N) is 1. The number of fused-ring (bicyclic) bond motifs is 1. The minimum atomic E-state index is -0.855. The smallest absolute Gasteiger partial charge is 0.306 e. The number of methoxy groups -OCH3 is 2. The van der Waals surface area contributed by atoms with Crippen molar-refractivity contribution in [3.63, 3.8) is 0 Å². The third-order valence-electron chi connectivity index (χ3n) is 4.56. The zero-order chi connectivity index (χ0) is 20.1. The van der Waals surface area contributed by atoms with Gasteiger partial charge < -0.3 is 19.2 Å². The Morgan fingerprint density at radius 2 is 1.71 bits per heavy atom. The Balaban J connectivity index is 1.61. The van der Waals surface area contributed by atoms with E-state index in [0.717, 1.165) is 16.5 Å². The summed E-state index contributed by atoms with van der Waals surface area (Å²) >= 11 is 0. The predicted octanol–water partition coefficient (Wildman–Crippen LogP) is 3.93. The van der Waals surface area contributed by atoms with E-state index in [4.69, 9.17) is 14.2 Å². The molecule has 3 rings (SSSR count). The minimum absolute atomic E-state index is 0.155. The molecule has 0 spiro atoms. The molecule has 2 aromatic carbocycles. The maximum Gasteiger partial charge on any atom is 0.306 e. The number of ether oxygens (including phenoxy) is 3. The molecule has 1 atom stereocenters. The van der Waals surface area contributed by atoms with Crippen LogP contribution in [-0.2, 0) is 16.0 Å². The number of carbonyl (C=O) groups is 2. The van der Waals surface area contributed by atoms with Gasteiger partial charge in [0.15, 0.2) is 6.10 Å². The van der Waals surface area contributed by atoms with E-state index in [0.29, 0.717) is 23.5 Å². The molecule has 0 amide bonds. The average molecular weight is 381 g/mol. The number of esters is 1. The first-order valence-corrected chi connectivity index (χ1v) is 9.03. The first-order chi connectivity index (χ1) is 13.5. The number of aryl methyl sites for hydroxylation is 1. The molecule has 3 aromatic rings. The molecule has 0 aliphatic carbocycles. The molecule has 0 bridgehead atoms. The number of hydrogen-bond donors (Lipinski definition) is 1. The van der Waals surface area contributed by atoms with Crippen LogP contribution < -0.4 is 9.47 Å². The second kappa shape index (κ2) is 8.61. The van der Waals surface area contributed by atoms with Crippen molar-refractivity contribution in [2.45, 2.75) is 25.9 Å². The molecule has 0 saturated carbocycles. The third-order valence-corrected chi connectivity index (χ3v) is 4.56. The van der Waals surface area contributed by atoms with Gasteiger partial charge in [-0.05, 0) is 37.1 Å². The lowest BCUT2D eigenvalue weighted by molar-refractivity contribution is -0.146. The van der Waals surface area contributed by atoms with Crippen molar-refractivity contribution in [1.29, 1.82) is 0 Å². The van der Waals surface area contributed by atoms with Gasteiger partial charge in [-0.2, -0.15) is 0 Å². The summed E-state index contributed by atoms with van der Waals surface area (Å²) in [6, 6.07) is 13.0. The van der Waals surface area contributed by atoms with Gasteiger partial charge >= 0.3 is 5.97 Å². The van der Waals surface area contributed by atoms with E-state index >= 15 is 0 Å². The normalized spacial score (nSPS) is 11.8. The topological polar surface area (TPSA) is 77.6 Å². The van der Waals surface area contributed by atoms with Gasteiger partial charge in [-0.3, -0.25) is 9.59 Å². The molecular weight excluding hydrogens is 358 g/mol. The zero-order valence-electron chi connectivity index (χ0n) is 16.2. The Kier molecular flexibility index (Phi) is 5.99. The third kappa shape index (κ3) is 4.34. The number of aromatic nitrogens is 1. The number of Topliss-reactive ketones (excluding diaryl/α,β-unsaturated/α-hetero) is 1. The standard InChI is InChI=1S/C22H23NO5/c1-14(22(25)19-13-23-20-7-5-4-6-18(19)20)28-21(24)9-8-15-10-16(26-2)12-17(11-15)27-3/h4-7,10-14,23H,8-9H2,1-3H3/t14-/m0/s1. The fourth-order valence-electron chi connectivity index (χ4n) is 3.06. The van der Waals surface area contributed by atoms with E-state index in [2.05, 4.69) is 4.98 Å². The van der Waals surface area contributed by atoms with Crippen LogP contribution in [0.4, 0.5) is 0 Å². The summed E-state index contributed by atoms with van der Waals surface area (Å²) < 4.78 is 15.8. The van der Waals surface area contributed by atoms with Gasteiger partial charge in [0.05, 0.1) is 14.2 Å². The number of carbonyl (C=O) groups excluding carboxylic acids is 2. The molecule has 6 nitrogen and oxygen atoms in total. The Labute approximate surface area is 163 Å². The van der Waals surface area contributed by atoms with Crippen LogP contribution in [0.3, 0.4) is 0 Å². The number of H-pyrrole nitrogens is 1. The first kappa shape index (κ1) is 19.5. The molecule has 1 aromatic heterocycles. The zero-order valence-corrected chi connectivity index (χ0v) is 16.2. The van der Waals surface area contributed by atoms with Crippen LogP contribution in [-0.4, -0.2) is 37.1 Å². The highest BCUT2D eigenvalue weighted by atomic mass is 16.5. The van der Waals surface area contributed by atoms with Gasteiger partial charge in [0, 0.05) is 35.2 Å². The fourth-order valence-corrected chi connectivity index (χ4v) is 3.06.